The van der Waals surface area contributed by atoms with E-state index in [0.717, 1.165) is 15.7 Å². The van der Waals surface area contributed by atoms with E-state index in [1.54, 1.807) is 6.20 Å². The first-order valence-electron chi connectivity index (χ1n) is 4.75. The van der Waals surface area contributed by atoms with E-state index in [4.69, 9.17) is 5.73 Å². The molecule has 0 unspecified atom stereocenters. The molecule has 0 atom stereocenters. The Morgan fingerprint density at radius 3 is 2.88 bits per heavy atom. The van der Waals surface area contributed by atoms with Gasteiger partial charge >= 0.3 is 0 Å². The number of hydrogen-bond acceptors (Lipinski definition) is 4. The SMILES string of the molecule is Cc1cc(Nc2ncncc2N)ccc1Br. The second kappa shape index (κ2) is 4.49. The van der Waals surface area contributed by atoms with Gasteiger partial charge in [0.2, 0.25) is 0 Å². The van der Waals surface area contributed by atoms with Crippen LogP contribution >= 0.6 is 15.9 Å². The zero-order valence-electron chi connectivity index (χ0n) is 8.74. The van der Waals surface area contributed by atoms with Crippen LogP contribution in [0.4, 0.5) is 17.2 Å². The highest BCUT2D eigenvalue weighted by molar-refractivity contribution is 9.10. The van der Waals surface area contributed by atoms with Crippen LogP contribution in [0.3, 0.4) is 0 Å². The standard InChI is InChI=1S/C11H11BrN4/c1-7-4-8(2-3-9(7)12)16-11-10(13)5-14-6-15-11/h2-6H,13H2,1H3,(H,14,15,16). The van der Waals surface area contributed by atoms with Crippen molar-refractivity contribution in [3.63, 3.8) is 0 Å². The lowest BCUT2D eigenvalue weighted by Crippen LogP contribution is -1.99. The highest BCUT2D eigenvalue weighted by Gasteiger charge is 2.02. The van der Waals surface area contributed by atoms with E-state index in [1.807, 2.05) is 25.1 Å². The molecule has 0 saturated carbocycles. The van der Waals surface area contributed by atoms with Gasteiger partial charge in [-0.15, -0.1) is 0 Å². The second-order valence-corrected chi connectivity index (χ2v) is 4.27. The van der Waals surface area contributed by atoms with Gasteiger partial charge in [0, 0.05) is 10.2 Å². The van der Waals surface area contributed by atoms with Crippen LogP contribution in [0, 0.1) is 6.92 Å². The number of rotatable bonds is 2. The number of halogens is 1. The monoisotopic (exact) mass is 278 g/mol. The van der Waals surface area contributed by atoms with E-state index < -0.39 is 0 Å². The zero-order chi connectivity index (χ0) is 11.5. The molecule has 0 radical (unpaired) electrons. The topological polar surface area (TPSA) is 63.8 Å². The van der Waals surface area contributed by atoms with Gasteiger partial charge in [-0.05, 0) is 30.7 Å². The Bertz CT molecular complexity index is 513. The predicted octanol–water partition coefficient (Wildman–Crippen LogP) is 2.87. The molecule has 0 saturated heterocycles. The number of aromatic nitrogens is 2. The molecule has 2 aromatic rings. The number of benzene rings is 1. The van der Waals surface area contributed by atoms with Crippen molar-refractivity contribution in [1.82, 2.24) is 9.97 Å². The van der Waals surface area contributed by atoms with Gasteiger partial charge in [0.25, 0.3) is 0 Å². The molecule has 0 aliphatic rings. The molecule has 82 valence electrons. The summed E-state index contributed by atoms with van der Waals surface area (Å²) in [7, 11) is 0. The number of nitrogens with two attached hydrogens (primary N) is 1. The lowest BCUT2D eigenvalue weighted by atomic mass is 10.2. The fourth-order valence-corrected chi connectivity index (χ4v) is 1.55. The Morgan fingerprint density at radius 2 is 2.19 bits per heavy atom. The molecular formula is C11H11BrN4. The molecule has 1 aromatic heterocycles. The van der Waals surface area contributed by atoms with Crippen molar-refractivity contribution in [2.75, 3.05) is 11.1 Å². The van der Waals surface area contributed by atoms with Crippen LogP contribution in [0.5, 0.6) is 0 Å². The fraction of sp³-hybridized carbons (Fsp3) is 0.0909. The van der Waals surface area contributed by atoms with E-state index in [1.165, 1.54) is 6.33 Å². The first-order valence-corrected chi connectivity index (χ1v) is 5.55. The van der Waals surface area contributed by atoms with Crippen molar-refractivity contribution in [2.24, 2.45) is 0 Å². The third kappa shape index (κ3) is 2.30. The lowest BCUT2D eigenvalue weighted by molar-refractivity contribution is 1.17. The zero-order valence-corrected chi connectivity index (χ0v) is 10.3. The summed E-state index contributed by atoms with van der Waals surface area (Å²) in [5, 5.41) is 3.14. The maximum atomic E-state index is 5.74. The molecule has 0 fully saturated rings. The van der Waals surface area contributed by atoms with Gasteiger partial charge in [-0.3, -0.25) is 0 Å². The minimum absolute atomic E-state index is 0.531. The number of aryl methyl sites for hydroxylation is 1. The van der Waals surface area contributed by atoms with Gasteiger partial charge in [-0.1, -0.05) is 15.9 Å². The number of nitrogens with zero attached hydrogens (tertiary/aromatic N) is 2. The van der Waals surface area contributed by atoms with E-state index in [9.17, 15) is 0 Å². The average molecular weight is 279 g/mol. The molecular weight excluding hydrogens is 268 g/mol. The summed E-state index contributed by atoms with van der Waals surface area (Å²) in [5.41, 5.74) is 8.37. The third-order valence-corrected chi connectivity index (χ3v) is 3.05. The van der Waals surface area contributed by atoms with Gasteiger partial charge < -0.3 is 11.1 Å². The lowest BCUT2D eigenvalue weighted by Gasteiger charge is -2.08. The van der Waals surface area contributed by atoms with Crippen LogP contribution in [0.2, 0.25) is 0 Å². The van der Waals surface area contributed by atoms with Crippen LogP contribution in [0.15, 0.2) is 35.2 Å². The molecule has 0 aliphatic carbocycles. The van der Waals surface area contributed by atoms with Gasteiger partial charge in [0.15, 0.2) is 5.82 Å². The average Bonchev–Trinajstić information content (AvgIpc) is 2.27. The summed E-state index contributed by atoms with van der Waals surface area (Å²) >= 11 is 3.45. The molecule has 1 heterocycles. The fourth-order valence-electron chi connectivity index (χ4n) is 1.30. The van der Waals surface area contributed by atoms with Gasteiger partial charge in [0.05, 0.1) is 11.9 Å². The minimum Gasteiger partial charge on any atom is -0.394 e. The largest absolute Gasteiger partial charge is 0.394 e. The Kier molecular flexibility index (Phi) is 3.05. The maximum Gasteiger partial charge on any atom is 0.157 e. The molecule has 0 spiro atoms. The summed E-state index contributed by atoms with van der Waals surface area (Å²) < 4.78 is 1.08. The summed E-state index contributed by atoms with van der Waals surface area (Å²) in [6.45, 7) is 2.03. The number of anilines is 3. The maximum absolute atomic E-state index is 5.74. The van der Waals surface area contributed by atoms with Crippen LogP contribution in [0.25, 0.3) is 0 Å². The highest BCUT2D eigenvalue weighted by atomic mass is 79.9. The molecule has 2 rings (SSSR count). The Labute approximate surface area is 102 Å². The van der Waals surface area contributed by atoms with Crippen molar-refractivity contribution in [3.8, 4) is 0 Å². The summed E-state index contributed by atoms with van der Waals surface area (Å²) in [6, 6.07) is 5.96. The predicted molar refractivity (Wildman–Crippen MR) is 68.6 cm³/mol. The summed E-state index contributed by atoms with van der Waals surface area (Å²) in [6.07, 6.45) is 3.03. The summed E-state index contributed by atoms with van der Waals surface area (Å²) in [4.78, 5) is 7.90. The third-order valence-electron chi connectivity index (χ3n) is 2.16. The second-order valence-electron chi connectivity index (χ2n) is 3.42. The Morgan fingerprint density at radius 1 is 1.38 bits per heavy atom. The quantitative estimate of drug-likeness (QED) is 0.887. The van der Waals surface area contributed by atoms with Crippen LogP contribution in [-0.4, -0.2) is 9.97 Å². The number of nitrogen functional groups attached to an aromatic ring is 1. The van der Waals surface area contributed by atoms with E-state index in [-0.39, 0.29) is 0 Å². The minimum atomic E-state index is 0.531. The Hall–Kier alpha value is -1.62. The van der Waals surface area contributed by atoms with Gasteiger partial charge in [0.1, 0.15) is 6.33 Å². The number of hydrogen-bond donors (Lipinski definition) is 2. The van der Waals surface area contributed by atoms with Crippen molar-refractivity contribution < 1.29 is 0 Å². The molecule has 16 heavy (non-hydrogen) atoms. The molecule has 4 nitrogen and oxygen atoms in total. The van der Waals surface area contributed by atoms with E-state index in [2.05, 4.69) is 31.2 Å². The van der Waals surface area contributed by atoms with Crippen molar-refractivity contribution in [1.29, 1.82) is 0 Å². The van der Waals surface area contributed by atoms with Crippen molar-refractivity contribution in [3.05, 3.63) is 40.8 Å². The molecule has 0 aliphatic heterocycles. The van der Waals surface area contributed by atoms with Gasteiger partial charge in [-0.2, -0.15) is 0 Å². The van der Waals surface area contributed by atoms with Crippen molar-refractivity contribution >= 4 is 33.1 Å². The summed E-state index contributed by atoms with van der Waals surface area (Å²) in [5.74, 6) is 0.622. The van der Waals surface area contributed by atoms with Crippen LogP contribution < -0.4 is 11.1 Å². The normalized spacial score (nSPS) is 10.1. The van der Waals surface area contributed by atoms with Crippen molar-refractivity contribution in [2.45, 2.75) is 6.92 Å². The van der Waals surface area contributed by atoms with E-state index in [0.29, 0.717) is 11.5 Å². The molecule has 1 aromatic carbocycles. The van der Waals surface area contributed by atoms with Gasteiger partial charge in [-0.25, -0.2) is 9.97 Å². The molecule has 5 heteroatoms. The molecule has 0 bridgehead atoms. The van der Waals surface area contributed by atoms with Crippen LogP contribution in [0.1, 0.15) is 5.56 Å². The molecule has 0 amide bonds. The van der Waals surface area contributed by atoms with E-state index >= 15 is 0 Å². The number of nitrogens with one attached hydrogen (secondary N) is 1. The highest BCUT2D eigenvalue weighted by Crippen LogP contribution is 2.23. The van der Waals surface area contributed by atoms with Crippen LogP contribution in [-0.2, 0) is 0 Å². The Balaban J connectivity index is 2.28. The first kappa shape index (κ1) is 10.9. The molecule has 3 N–H and O–H groups in total. The smallest absolute Gasteiger partial charge is 0.157 e. The first-order chi connectivity index (χ1) is 7.66.